The first-order valence-electron chi connectivity index (χ1n) is 13.7. The molecule has 0 radical (unpaired) electrons. The highest BCUT2D eigenvalue weighted by atomic mass is 19.2. The van der Waals surface area contributed by atoms with Crippen molar-refractivity contribution in [1.29, 1.82) is 0 Å². The fourth-order valence-corrected chi connectivity index (χ4v) is 5.29. The van der Waals surface area contributed by atoms with Crippen molar-refractivity contribution in [3.05, 3.63) is 71.8 Å². The third-order valence-corrected chi connectivity index (χ3v) is 7.56. The molecular weight excluding hydrogens is 492 g/mol. The van der Waals surface area contributed by atoms with Gasteiger partial charge < -0.3 is 9.47 Å². The zero-order valence-electron chi connectivity index (χ0n) is 22.2. The summed E-state index contributed by atoms with van der Waals surface area (Å²) in [5.74, 6) is -3.18. The van der Waals surface area contributed by atoms with Crippen molar-refractivity contribution in [1.82, 2.24) is 0 Å². The average molecular weight is 529 g/mol. The molecule has 0 atom stereocenters. The summed E-state index contributed by atoms with van der Waals surface area (Å²) < 4.78 is 69.5. The van der Waals surface area contributed by atoms with E-state index in [2.05, 4.69) is 6.92 Å². The molecule has 0 amide bonds. The van der Waals surface area contributed by atoms with Crippen molar-refractivity contribution < 1.29 is 27.0 Å². The number of rotatable bonds is 11. The van der Waals surface area contributed by atoms with Gasteiger partial charge in [0.1, 0.15) is 0 Å². The lowest BCUT2D eigenvalue weighted by molar-refractivity contribution is 0.172. The second-order valence-corrected chi connectivity index (χ2v) is 10.2. The molecule has 1 aliphatic rings. The van der Waals surface area contributed by atoms with Gasteiger partial charge >= 0.3 is 0 Å². The summed E-state index contributed by atoms with van der Waals surface area (Å²) in [6, 6.07) is 12.0. The first kappa shape index (κ1) is 28.0. The quantitative estimate of drug-likeness (QED) is 0.182. The highest BCUT2D eigenvalue weighted by Crippen LogP contribution is 2.35. The van der Waals surface area contributed by atoms with Crippen LogP contribution in [0.3, 0.4) is 0 Å². The van der Waals surface area contributed by atoms with Gasteiger partial charge in [-0.15, -0.1) is 0 Å². The lowest BCUT2D eigenvalue weighted by Gasteiger charge is -2.28. The number of ether oxygens (including phenoxy) is 2. The first-order valence-corrected chi connectivity index (χ1v) is 13.7. The number of benzene rings is 3. The molecule has 0 unspecified atom stereocenters. The van der Waals surface area contributed by atoms with Gasteiger partial charge in [-0.05, 0) is 67.0 Å². The van der Waals surface area contributed by atoms with Gasteiger partial charge in [0, 0.05) is 11.1 Å². The Labute approximate surface area is 223 Å². The van der Waals surface area contributed by atoms with Gasteiger partial charge in [0.25, 0.3) is 0 Å². The van der Waals surface area contributed by atoms with Crippen molar-refractivity contribution in [3.8, 4) is 33.8 Å². The maximum atomic E-state index is 15.0. The summed E-state index contributed by atoms with van der Waals surface area (Å²) in [5, 5.41) is 0. The Hall–Kier alpha value is -3.02. The van der Waals surface area contributed by atoms with E-state index in [1.54, 1.807) is 31.2 Å². The summed E-state index contributed by atoms with van der Waals surface area (Å²) in [6.45, 7) is 4.51. The van der Waals surface area contributed by atoms with Crippen molar-refractivity contribution in [2.45, 2.75) is 65.2 Å². The van der Waals surface area contributed by atoms with E-state index in [0.29, 0.717) is 23.7 Å². The predicted molar refractivity (Wildman–Crippen MR) is 143 cm³/mol. The van der Waals surface area contributed by atoms with Crippen LogP contribution in [0.4, 0.5) is 17.6 Å². The minimum absolute atomic E-state index is 0.0582. The van der Waals surface area contributed by atoms with E-state index >= 15 is 0 Å². The smallest absolute Gasteiger partial charge is 0.201 e. The molecule has 0 N–H and O–H groups in total. The Morgan fingerprint density at radius 3 is 1.61 bits per heavy atom. The molecule has 0 aromatic heterocycles. The predicted octanol–water partition coefficient (Wildman–Crippen LogP) is 9.74. The molecule has 0 heterocycles. The van der Waals surface area contributed by atoms with Crippen LogP contribution >= 0.6 is 0 Å². The molecule has 3 aromatic rings. The van der Waals surface area contributed by atoms with Crippen LogP contribution < -0.4 is 9.47 Å². The molecule has 6 heteroatoms. The largest absolute Gasteiger partial charge is 0.491 e. The first-order chi connectivity index (χ1) is 18.4. The molecule has 0 bridgehead atoms. The zero-order valence-corrected chi connectivity index (χ0v) is 22.2. The van der Waals surface area contributed by atoms with Gasteiger partial charge in [-0.2, -0.15) is 8.78 Å². The van der Waals surface area contributed by atoms with Crippen LogP contribution in [-0.2, 0) is 0 Å². The van der Waals surface area contributed by atoms with Crippen LogP contribution in [-0.4, -0.2) is 13.2 Å². The SMILES string of the molecule is CCCCCC1CCC(COc2ccc(-c3ccc(-c4ccc(OCC)c(F)c4F)cc3)c(F)c2F)CC1. The normalized spacial score (nSPS) is 17.4. The molecule has 1 saturated carbocycles. The van der Waals surface area contributed by atoms with Crippen molar-refractivity contribution in [3.63, 3.8) is 0 Å². The lowest BCUT2D eigenvalue weighted by atomic mass is 9.80. The topological polar surface area (TPSA) is 18.5 Å². The van der Waals surface area contributed by atoms with Gasteiger partial charge in [-0.1, -0.05) is 69.7 Å². The van der Waals surface area contributed by atoms with Gasteiger partial charge in [0.05, 0.1) is 13.2 Å². The van der Waals surface area contributed by atoms with Crippen LogP contribution in [0, 0.1) is 35.1 Å². The third kappa shape index (κ3) is 6.51. The third-order valence-electron chi connectivity index (χ3n) is 7.56. The maximum absolute atomic E-state index is 15.0. The Morgan fingerprint density at radius 2 is 1.11 bits per heavy atom. The summed E-state index contributed by atoms with van der Waals surface area (Å²) >= 11 is 0. The average Bonchev–Trinajstić information content (AvgIpc) is 2.93. The van der Waals surface area contributed by atoms with E-state index < -0.39 is 23.3 Å². The van der Waals surface area contributed by atoms with Crippen LogP contribution in [0.15, 0.2) is 48.5 Å². The van der Waals surface area contributed by atoms with E-state index in [1.807, 2.05) is 0 Å². The lowest BCUT2D eigenvalue weighted by Crippen LogP contribution is -2.20. The molecular formula is C32H36F4O2. The van der Waals surface area contributed by atoms with Gasteiger partial charge in [0.15, 0.2) is 23.1 Å². The molecule has 4 rings (SSSR count). The fourth-order valence-electron chi connectivity index (χ4n) is 5.29. The Morgan fingerprint density at radius 1 is 0.605 bits per heavy atom. The van der Waals surface area contributed by atoms with Crippen LogP contribution in [0.25, 0.3) is 22.3 Å². The number of hydrogen-bond acceptors (Lipinski definition) is 2. The van der Waals surface area contributed by atoms with Gasteiger partial charge in [-0.25, -0.2) is 8.78 Å². The molecule has 0 spiro atoms. The maximum Gasteiger partial charge on any atom is 0.201 e. The fraction of sp³-hybridized carbons (Fsp3) is 0.438. The van der Waals surface area contributed by atoms with Crippen molar-refractivity contribution in [2.75, 3.05) is 13.2 Å². The summed E-state index contributed by atoms with van der Waals surface area (Å²) in [4.78, 5) is 0. The molecule has 1 aliphatic carbocycles. The molecule has 1 fully saturated rings. The number of halogens is 4. The minimum atomic E-state index is -1.06. The second-order valence-electron chi connectivity index (χ2n) is 10.2. The Kier molecular flexibility index (Phi) is 9.70. The number of hydrogen-bond donors (Lipinski definition) is 0. The molecule has 0 aliphatic heterocycles. The van der Waals surface area contributed by atoms with E-state index in [9.17, 15) is 17.6 Å². The van der Waals surface area contributed by atoms with Crippen molar-refractivity contribution in [2.24, 2.45) is 11.8 Å². The van der Waals surface area contributed by atoms with Gasteiger partial charge in [0.2, 0.25) is 11.6 Å². The minimum Gasteiger partial charge on any atom is -0.491 e. The highest BCUT2D eigenvalue weighted by molar-refractivity contribution is 5.72. The molecule has 0 saturated heterocycles. The summed E-state index contributed by atoms with van der Waals surface area (Å²) in [5.41, 5.74) is 0.967. The molecule has 38 heavy (non-hydrogen) atoms. The molecule has 204 valence electrons. The van der Waals surface area contributed by atoms with E-state index in [-0.39, 0.29) is 29.2 Å². The van der Waals surface area contributed by atoms with E-state index in [1.165, 1.54) is 62.8 Å². The summed E-state index contributed by atoms with van der Waals surface area (Å²) in [6.07, 6.45) is 9.58. The van der Waals surface area contributed by atoms with E-state index in [4.69, 9.17) is 9.47 Å². The highest BCUT2D eigenvalue weighted by Gasteiger charge is 2.23. The molecule has 2 nitrogen and oxygen atoms in total. The molecule has 3 aromatic carbocycles. The van der Waals surface area contributed by atoms with Crippen LogP contribution in [0.1, 0.15) is 65.2 Å². The zero-order chi connectivity index (χ0) is 27.1. The number of unbranched alkanes of at least 4 members (excludes halogenated alkanes) is 2. The van der Waals surface area contributed by atoms with Crippen LogP contribution in [0.5, 0.6) is 11.5 Å². The van der Waals surface area contributed by atoms with Crippen molar-refractivity contribution >= 4 is 0 Å². The Bertz CT molecular complexity index is 1200. The monoisotopic (exact) mass is 528 g/mol. The second kappa shape index (κ2) is 13.2. The van der Waals surface area contributed by atoms with Crippen LogP contribution in [0.2, 0.25) is 0 Å². The summed E-state index contributed by atoms with van der Waals surface area (Å²) in [7, 11) is 0. The van der Waals surface area contributed by atoms with Gasteiger partial charge in [-0.3, -0.25) is 0 Å². The van der Waals surface area contributed by atoms with E-state index in [0.717, 1.165) is 18.8 Å². The standard InChI is InChI=1S/C32H36F4O2/c1-3-5-6-7-21-8-10-22(11-9-21)20-38-28-19-17-26(30(34)32(28)36)24-14-12-23(13-15-24)25-16-18-27(37-4-2)31(35)29(25)33/h12-19,21-22H,3-11,20H2,1-2H3. The Balaban J connectivity index is 1.39.